The minimum absolute atomic E-state index is 0.0868. The molecule has 114 valence electrons. The van der Waals surface area contributed by atoms with Crippen LogP contribution in [-0.4, -0.2) is 22.8 Å². The molecule has 21 heavy (non-hydrogen) atoms. The molecular weight excluding hydrogens is 348 g/mol. The van der Waals surface area contributed by atoms with Crippen LogP contribution in [0.2, 0.25) is 0 Å². The highest BCUT2D eigenvalue weighted by Gasteiger charge is 2.10. The molecule has 0 radical (unpaired) electrons. The van der Waals surface area contributed by atoms with Gasteiger partial charge in [-0.05, 0) is 65.8 Å². The van der Waals surface area contributed by atoms with Gasteiger partial charge in [0.05, 0.1) is 9.48 Å². The van der Waals surface area contributed by atoms with Gasteiger partial charge in [-0.3, -0.25) is 0 Å². The number of nitrogens with zero attached hydrogens (tertiary/aromatic N) is 3. The molecule has 4 nitrogen and oxygen atoms in total. The number of anilines is 1. The van der Waals surface area contributed by atoms with Crippen molar-refractivity contribution < 1.29 is 0 Å². The molecule has 1 N–H and O–H groups in total. The minimum Gasteiger partial charge on any atom is -0.354 e. The molecule has 2 rings (SSSR count). The molecule has 0 atom stereocenters. The fourth-order valence-electron chi connectivity index (χ4n) is 1.79. The summed E-state index contributed by atoms with van der Waals surface area (Å²) in [5, 5.41) is 14.2. The number of thiophene rings is 1. The number of halogens is 1. The van der Waals surface area contributed by atoms with Crippen molar-refractivity contribution in [2.45, 2.75) is 39.4 Å². The van der Waals surface area contributed by atoms with Crippen molar-refractivity contribution in [1.29, 1.82) is 0 Å². The van der Waals surface area contributed by atoms with Crippen LogP contribution in [0, 0.1) is 0 Å². The van der Waals surface area contributed by atoms with Gasteiger partial charge in [0, 0.05) is 25.7 Å². The van der Waals surface area contributed by atoms with Crippen LogP contribution in [0.3, 0.4) is 0 Å². The molecule has 0 saturated carbocycles. The van der Waals surface area contributed by atoms with Gasteiger partial charge in [0.2, 0.25) is 0 Å². The summed E-state index contributed by atoms with van der Waals surface area (Å²) in [5.74, 6) is 0.886. The molecule has 0 aliphatic heterocycles. The molecule has 0 amide bonds. The van der Waals surface area contributed by atoms with Crippen LogP contribution in [0.25, 0.3) is 0 Å². The van der Waals surface area contributed by atoms with E-state index in [1.54, 1.807) is 11.3 Å². The first-order chi connectivity index (χ1) is 9.83. The smallest absolute Gasteiger partial charge is 0.151 e. The fraction of sp³-hybridized carbons (Fsp3) is 0.467. The van der Waals surface area contributed by atoms with E-state index in [2.05, 4.69) is 68.6 Å². The average molecular weight is 369 g/mol. The van der Waals surface area contributed by atoms with E-state index >= 15 is 0 Å². The Morgan fingerprint density at radius 2 is 2.05 bits per heavy atom. The molecule has 0 aromatic carbocycles. The van der Waals surface area contributed by atoms with Crippen LogP contribution in [0.5, 0.6) is 0 Å². The highest BCUT2D eigenvalue weighted by molar-refractivity contribution is 9.11. The maximum atomic E-state index is 4.31. The van der Waals surface area contributed by atoms with E-state index in [0.717, 1.165) is 28.4 Å². The van der Waals surface area contributed by atoms with Crippen molar-refractivity contribution in [3.05, 3.63) is 38.6 Å². The van der Waals surface area contributed by atoms with Gasteiger partial charge in [0.25, 0.3) is 0 Å². The highest BCUT2D eigenvalue weighted by Crippen LogP contribution is 2.22. The molecule has 0 aliphatic rings. The molecule has 2 heterocycles. The Morgan fingerprint density at radius 1 is 1.29 bits per heavy atom. The van der Waals surface area contributed by atoms with E-state index in [1.807, 2.05) is 19.2 Å². The third-order valence-electron chi connectivity index (χ3n) is 2.94. The van der Waals surface area contributed by atoms with Gasteiger partial charge in [-0.15, -0.1) is 16.4 Å². The standard InChI is InChI=1S/C15H21BrN4S/c1-15(2,3)17-8-12-5-6-14(19-18-12)20(4)9-11-7-13(16)21-10-11/h5-7,10,17H,8-9H2,1-4H3. The molecule has 0 unspecified atom stereocenters. The Kier molecular flexibility index (Phi) is 5.35. The summed E-state index contributed by atoms with van der Waals surface area (Å²) in [7, 11) is 2.03. The van der Waals surface area contributed by atoms with Gasteiger partial charge in [-0.2, -0.15) is 5.10 Å². The summed E-state index contributed by atoms with van der Waals surface area (Å²) in [6, 6.07) is 6.19. The van der Waals surface area contributed by atoms with E-state index in [9.17, 15) is 0 Å². The molecule has 0 bridgehead atoms. The zero-order chi connectivity index (χ0) is 15.5. The molecular formula is C15H21BrN4S. The van der Waals surface area contributed by atoms with Gasteiger partial charge in [-0.1, -0.05) is 0 Å². The summed E-state index contributed by atoms with van der Waals surface area (Å²) in [6.45, 7) is 7.99. The number of hydrogen-bond donors (Lipinski definition) is 1. The fourth-order valence-corrected chi connectivity index (χ4v) is 2.99. The summed E-state index contributed by atoms with van der Waals surface area (Å²) in [6.07, 6.45) is 0. The topological polar surface area (TPSA) is 41.0 Å². The summed E-state index contributed by atoms with van der Waals surface area (Å²) >= 11 is 5.18. The van der Waals surface area contributed by atoms with Crippen LogP contribution in [0.4, 0.5) is 5.82 Å². The summed E-state index contributed by atoms with van der Waals surface area (Å²) < 4.78 is 1.15. The molecule has 0 spiro atoms. The first-order valence-corrected chi connectivity index (χ1v) is 8.52. The number of nitrogens with one attached hydrogen (secondary N) is 1. The van der Waals surface area contributed by atoms with Gasteiger partial charge in [0.1, 0.15) is 0 Å². The summed E-state index contributed by atoms with van der Waals surface area (Å²) in [4.78, 5) is 2.10. The van der Waals surface area contributed by atoms with Gasteiger partial charge in [-0.25, -0.2) is 0 Å². The molecule has 2 aromatic rings. The predicted octanol–water partition coefficient (Wildman–Crippen LogP) is 3.83. The van der Waals surface area contributed by atoms with Crippen LogP contribution >= 0.6 is 27.3 Å². The maximum absolute atomic E-state index is 4.31. The third kappa shape index (κ3) is 5.37. The first kappa shape index (κ1) is 16.4. The Bertz CT molecular complexity index is 574. The van der Waals surface area contributed by atoms with Gasteiger partial charge < -0.3 is 10.2 Å². The third-order valence-corrected chi connectivity index (χ3v) is 4.49. The largest absolute Gasteiger partial charge is 0.354 e. The normalized spacial score (nSPS) is 11.7. The number of hydrogen-bond acceptors (Lipinski definition) is 5. The average Bonchev–Trinajstić information content (AvgIpc) is 2.81. The van der Waals surface area contributed by atoms with Crippen molar-refractivity contribution in [2.24, 2.45) is 0 Å². The SMILES string of the molecule is CN(Cc1csc(Br)c1)c1ccc(CNC(C)(C)C)nn1. The first-order valence-electron chi connectivity index (χ1n) is 6.85. The molecule has 0 aliphatic carbocycles. The lowest BCUT2D eigenvalue weighted by Crippen LogP contribution is -2.35. The predicted molar refractivity (Wildman–Crippen MR) is 92.8 cm³/mol. The Morgan fingerprint density at radius 3 is 2.57 bits per heavy atom. The van der Waals surface area contributed by atoms with E-state index in [-0.39, 0.29) is 5.54 Å². The maximum Gasteiger partial charge on any atom is 0.151 e. The van der Waals surface area contributed by atoms with E-state index in [1.165, 1.54) is 5.56 Å². The number of aromatic nitrogens is 2. The second-order valence-electron chi connectivity index (χ2n) is 6.10. The van der Waals surface area contributed by atoms with E-state index in [0.29, 0.717) is 0 Å². The van der Waals surface area contributed by atoms with E-state index in [4.69, 9.17) is 0 Å². The van der Waals surface area contributed by atoms with Crippen molar-refractivity contribution in [3.63, 3.8) is 0 Å². The van der Waals surface area contributed by atoms with Crippen molar-refractivity contribution in [2.75, 3.05) is 11.9 Å². The van der Waals surface area contributed by atoms with Crippen molar-refractivity contribution in [3.8, 4) is 0 Å². The second-order valence-corrected chi connectivity index (χ2v) is 8.39. The van der Waals surface area contributed by atoms with Crippen molar-refractivity contribution >= 4 is 33.1 Å². The Hall–Kier alpha value is -0.980. The highest BCUT2D eigenvalue weighted by atomic mass is 79.9. The lowest BCUT2D eigenvalue weighted by molar-refractivity contribution is 0.420. The van der Waals surface area contributed by atoms with Crippen LogP contribution in [0.15, 0.2) is 27.4 Å². The Balaban J connectivity index is 1.94. The molecule has 0 fully saturated rings. The summed E-state index contributed by atoms with van der Waals surface area (Å²) in [5.41, 5.74) is 2.32. The molecule has 2 aromatic heterocycles. The molecule has 0 saturated heterocycles. The minimum atomic E-state index is 0.0868. The van der Waals surface area contributed by atoms with Crippen molar-refractivity contribution in [1.82, 2.24) is 15.5 Å². The lowest BCUT2D eigenvalue weighted by atomic mass is 10.1. The Labute approximate surface area is 138 Å². The van der Waals surface area contributed by atoms with Gasteiger partial charge >= 0.3 is 0 Å². The zero-order valence-electron chi connectivity index (χ0n) is 12.9. The van der Waals surface area contributed by atoms with Crippen LogP contribution < -0.4 is 10.2 Å². The molecule has 6 heteroatoms. The van der Waals surface area contributed by atoms with Crippen LogP contribution in [-0.2, 0) is 13.1 Å². The van der Waals surface area contributed by atoms with E-state index < -0.39 is 0 Å². The van der Waals surface area contributed by atoms with Gasteiger partial charge in [0.15, 0.2) is 5.82 Å². The van der Waals surface area contributed by atoms with Crippen LogP contribution in [0.1, 0.15) is 32.0 Å². The monoisotopic (exact) mass is 368 g/mol. The second kappa shape index (κ2) is 6.85. The lowest BCUT2D eigenvalue weighted by Gasteiger charge is -2.20. The zero-order valence-corrected chi connectivity index (χ0v) is 15.3. The quantitative estimate of drug-likeness (QED) is 0.870. The number of rotatable bonds is 5.